The number of carbonyl (C=O) groups excluding carboxylic acids is 1. The SMILES string of the molecule is O=C(NC1CCOC1)N1CCC(O)C1. The summed E-state index contributed by atoms with van der Waals surface area (Å²) in [4.78, 5) is 13.3. The highest BCUT2D eigenvalue weighted by atomic mass is 16.5. The van der Waals surface area contributed by atoms with Crippen molar-refractivity contribution in [2.45, 2.75) is 25.0 Å². The van der Waals surface area contributed by atoms with Crippen LogP contribution in [0.3, 0.4) is 0 Å². The highest BCUT2D eigenvalue weighted by Crippen LogP contribution is 2.10. The molecule has 2 amide bonds. The number of urea groups is 1. The summed E-state index contributed by atoms with van der Waals surface area (Å²) in [5.74, 6) is 0. The molecule has 14 heavy (non-hydrogen) atoms. The van der Waals surface area contributed by atoms with E-state index in [1.807, 2.05) is 0 Å². The molecule has 2 aliphatic rings. The van der Waals surface area contributed by atoms with Crippen LogP contribution in [0.5, 0.6) is 0 Å². The maximum atomic E-state index is 11.6. The number of aliphatic hydroxyl groups is 1. The molecule has 2 saturated heterocycles. The van der Waals surface area contributed by atoms with Gasteiger partial charge in [0.15, 0.2) is 0 Å². The van der Waals surface area contributed by atoms with E-state index >= 15 is 0 Å². The standard InChI is InChI=1S/C9H16N2O3/c12-8-1-3-11(5-8)9(13)10-7-2-4-14-6-7/h7-8,12H,1-6H2,(H,10,13). The zero-order chi connectivity index (χ0) is 9.97. The lowest BCUT2D eigenvalue weighted by Gasteiger charge is -2.19. The molecule has 0 aliphatic carbocycles. The summed E-state index contributed by atoms with van der Waals surface area (Å²) in [6, 6.07) is 0.0808. The number of likely N-dealkylation sites (tertiary alicyclic amines) is 1. The van der Waals surface area contributed by atoms with Crippen molar-refractivity contribution in [3.05, 3.63) is 0 Å². The molecule has 0 aromatic heterocycles. The third-order valence-electron chi connectivity index (χ3n) is 2.71. The molecule has 0 radical (unpaired) electrons. The average Bonchev–Trinajstić information content (AvgIpc) is 2.75. The molecule has 2 aliphatic heterocycles. The van der Waals surface area contributed by atoms with Crippen LogP contribution in [0.4, 0.5) is 4.79 Å². The van der Waals surface area contributed by atoms with Gasteiger partial charge in [0.1, 0.15) is 0 Å². The number of aliphatic hydroxyl groups excluding tert-OH is 1. The molecule has 0 saturated carbocycles. The third kappa shape index (κ3) is 2.16. The summed E-state index contributed by atoms with van der Waals surface area (Å²) < 4.78 is 5.16. The Labute approximate surface area is 83.0 Å². The van der Waals surface area contributed by atoms with E-state index in [2.05, 4.69) is 5.32 Å². The molecular weight excluding hydrogens is 184 g/mol. The highest BCUT2D eigenvalue weighted by molar-refractivity contribution is 5.74. The van der Waals surface area contributed by atoms with Crippen LogP contribution in [-0.4, -0.2) is 54.5 Å². The van der Waals surface area contributed by atoms with Crippen LogP contribution in [0.2, 0.25) is 0 Å². The van der Waals surface area contributed by atoms with Crippen molar-refractivity contribution in [3.63, 3.8) is 0 Å². The van der Waals surface area contributed by atoms with Crippen molar-refractivity contribution in [2.24, 2.45) is 0 Å². The number of amides is 2. The van der Waals surface area contributed by atoms with Crippen LogP contribution in [-0.2, 0) is 4.74 Å². The van der Waals surface area contributed by atoms with Crippen molar-refractivity contribution in [1.29, 1.82) is 0 Å². The number of β-amino-alcohol motifs (C(OH)–C–C–N with tert-alkyl or cyclic N) is 1. The summed E-state index contributed by atoms with van der Waals surface area (Å²) in [5.41, 5.74) is 0. The topological polar surface area (TPSA) is 61.8 Å². The van der Waals surface area contributed by atoms with E-state index in [-0.39, 0.29) is 18.2 Å². The highest BCUT2D eigenvalue weighted by Gasteiger charge is 2.26. The summed E-state index contributed by atoms with van der Waals surface area (Å²) in [6.45, 7) is 2.45. The fourth-order valence-corrected chi connectivity index (χ4v) is 1.84. The first kappa shape index (κ1) is 9.73. The van der Waals surface area contributed by atoms with Gasteiger partial charge in [-0.2, -0.15) is 0 Å². The Morgan fingerprint density at radius 3 is 2.93 bits per heavy atom. The van der Waals surface area contributed by atoms with Crippen LogP contribution in [0.1, 0.15) is 12.8 Å². The smallest absolute Gasteiger partial charge is 0.317 e. The molecule has 0 aromatic rings. The summed E-state index contributed by atoms with van der Waals surface area (Å²) >= 11 is 0. The molecule has 2 atom stereocenters. The molecule has 80 valence electrons. The maximum Gasteiger partial charge on any atom is 0.317 e. The largest absolute Gasteiger partial charge is 0.391 e. The molecule has 5 heteroatoms. The molecule has 0 aromatic carbocycles. The van der Waals surface area contributed by atoms with Crippen LogP contribution >= 0.6 is 0 Å². The van der Waals surface area contributed by atoms with Gasteiger partial charge in [0, 0.05) is 19.7 Å². The Balaban J connectivity index is 1.77. The predicted octanol–water partition coefficient (Wildman–Crippen LogP) is -0.449. The molecular formula is C9H16N2O3. The van der Waals surface area contributed by atoms with E-state index < -0.39 is 0 Å². The van der Waals surface area contributed by atoms with Gasteiger partial charge in [-0.1, -0.05) is 0 Å². The number of hydrogen-bond donors (Lipinski definition) is 2. The third-order valence-corrected chi connectivity index (χ3v) is 2.71. The first-order valence-electron chi connectivity index (χ1n) is 5.07. The minimum absolute atomic E-state index is 0.0722. The van der Waals surface area contributed by atoms with Gasteiger partial charge in [0.25, 0.3) is 0 Å². The molecule has 2 heterocycles. The van der Waals surface area contributed by atoms with E-state index in [1.165, 1.54) is 0 Å². The Morgan fingerprint density at radius 1 is 1.50 bits per heavy atom. The van der Waals surface area contributed by atoms with Crippen LogP contribution in [0.25, 0.3) is 0 Å². The lowest BCUT2D eigenvalue weighted by molar-refractivity contribution is 0.166. The lowest BCUT2D eigenvalue weighted by Crippen LogP contribution is -2.44. The zero-order valence-electron chi connectivity index (χ0n) is 8.11. The van der Waals surface area contributed by atoms with Crippen LogP contribution < -0.4 is 5.32 Å². The number of carbonyl (C=O) groups is 1. The van der Waals surface area contributed by atoms with E-state index in [0.29, 0.717) is 26.1 Å². The predicted molar refractivity (Wildman–Crippen MR) is 50.0 cm³/mol. The minimum atomic E-state index is -0.347. The van der Waals surface area contributed by atoms with Crippen molar-refractivity contribution in [2.75, 3.05) is 26.3 Å². The van der Waals surface area contributed by atoms with Crippen molar-refractivity contribution >= 4 is 6.03 Å². The lowest BCUT2D eigenvalue weighted by atomic mass is 10.3. The van der Waals surface area contributed by atoms with E-state index in [9.17, 15) is 9.90 Å². The fourth-order valence-electron chi connectivity index (χ4n) is 1.84. The number of nitrogens with one attached hydrogen (secondary N) is 1. The maximum absolute atomic E-state index is 11.6. The Kier molecular flexibility index (Phi) is 2.88. The quantitative estimate of drug-likeness (QED) is 0.602. The van der Waals surface area contributed by atoms with Gasteiger partial charge in [0.05, 0.1) is 18.8 Å². The zero-order valence-corrected chi connectivity index (χ0v) is 8.11. The molecule has 2 N–H and O–H groups in total. The molecule has 5 nitrogen and oxygen atoms in total. The van der Waals surface area contributed by atoms with E-state index in [1.54, 1.807) is 4.90 Å². The fraction of sp³-hybridized carbons (Fsp3) is 0.889. The molecule has 0 spiro atoms. The minimum Gasteiger partial charge on any atom is -0.391 e. The molecule has 2 unspecified atom stereocenters. The van der Waals surface area contributed by atoms with Gasteiger partial charge < -0.3 is 20.1 Å². The van der Waals surface area contributed by atoms with Gasteiger partial charge in [-0.05, 0) is 12.8 Å². The van der Waals surface area contributed by atoms with E-state index in [4.69, 9.17) is 4.74 Å². The first-order valence-corrected chi connectivity index (χ1v) is 5.07. The first-order chi connectivity index (χ1) is 6.75. The van der Waals surface area contributed by atoms with Crippen molar-refractivity contribution < 1.29 is 14.6 Å². The number of hydrogen-bond acceptors (Lipinski definition) is 3. The average molecular weight is 200 g/mol. The Bertz CT molecular complexity index is 216. The summed E-state index contributed by atoms with van der Waals surface area (Å²) in [6.07, 6.45) is 1.23. The van der Waals surface area contributed by atoms with Gasteiger partial charge in [0.2, 0.25) is 0 Å². The second-order valence-corrected chi connectivity index (χ2v) is 3.90. The van der Waals surface area contributed by atoms with Gasteiger partial charge in [-0.3, -0.25) is 0 Å². The normalized spacial score (nSPS) is 32.2. The molecule has 2 rings (SSSR count). The molecule has 0 bridgehead atoms. The van der Waals surface area contributed by atoms with Crippen LogP contribution in [0.15, 0.2) is 0 Å². The van der Waals surface area contributed by atoms with Gasteiger partial charge >= 0.3 is 6.03 Å². The Hall–Kier alpha value is -0.810. The molecule has 2 fully saturated rings. The second kappa shape index (κ2) is 4.14. The summed E-state index contributed by atoms with van der Waals surface area (Å²) in [5, 5.41) is 12.2. The monoisotopic (exact) mass is 200 g/mol. The van der Waals surface area contributed by atoms with Gasteiger partial charge in [-0.25, -0.2) is 4.79 Å². The number of ether oxygens (including phenoxy) is 1. The second-order valence-electron chi connectivity index (χ2n) is 3.90. The summed E-state index contributed by atoms with van der Waals surface area (Å²) in [7, 11) is 0. The van der Waals surface area contributed by atoms with Crippen molar-refractivity contribution in [3.8, 4) is 0 Å². The number of nitrogens with zero attached hydrogens (tertiary/aromatic N) is 1. The Morgan fingerprint density at radius 2 is 2.36 bits per heavy atom. The number of rotatable bonds is 1. The van der Waals surface area contributed by atoms with E-state index in [0.717, 1.165) is 13.0 Å². The van der Waals surface area contributed by atoms with Crippen molar-refractivity contribution in [1.82, 2.24) is 10.2 Å². The van der Waals surface area contributed by atoms with Gasteiger partial charge in [-0.15, -0.1) is 0 Å². The van der Waals surface area contributed by atoms with Crippen LogP contribution in [0, 0.1) is 0 Å².